The number of H-pyrrole nitrogens is 1. The van der Waals surface area contributed by atoms with E-state index >= 15 is 0 Å². The van der Waals surface area contributed by atoms with Crippen molar-refractivity contribution in [3.8, 4) is 0 Å². The highest BCUT2D eigenvalue weighted by molar-refractivity contribution is 9.13. The van der Waals surface area contributed by atoms with Gasteiger partial charge in [0.05, 0.1) is 41.8 Å². The molecule has 48 heavy (non-hydrogen) atoms. The number of carboxylic acid groups (broad SMARTS) is 1. The molecule has 254 valence electrons. The first-order chi connectivity index (χ1) is 23.2. The van der Waals surface area contributed by atoms with E-state index in [-0.39, 0.29) is 35.7 Å². The third-order valence-electron chi connectivity index (χ3n) is 11.4. The van der Waals surface area contributed by atoms with E-state index in [2.05, 4.69) is 63.6 Å². The number of likely N-dealkylation sites (tertiary alicyclic amines) is 2. The summed E-state index contributed by atoms with van der Waals surface area (Å²) in [7, 11) is 2.17. The fourth-order valence-electron chi connectivity index (χ4n) is 8.84. The molecule has 0 radical (unpaired) electrons. The Bertz CT molecular complexity index is 1900. The van der Waals surface area contributed by atoms with Gasteiger partial charge in [-0.1, -0.05) is 24.3 Å². The normalized spacial score (nSPS) is 26.7. The summed E-state index contributed by atoms with van der Waals surface area (Å²) in [6.07, 6.45) is 4.77. The Labute approximate surface area is 296 Å². The summed E-state index contributed by atoms with van der Waals surface area (Å²) in [5.41, 5.74) is 1.76. The lowest BCUT2D eigenvalue weighted by Gasteiger charge is -2.59. The van der Waals surface area contributed by atoms with Crippen molar-refractivity contribution in [3.63, 3.8) is 0 Å². The van der Waals surface area contributed by atoms with Crippen LogP contribution in [0.5, 0.6) is 0 Å². The molecule has 0 spiro atoms. The number of piperidine rings is 2. The van der Waals surface area contributed by atoms with E-state index in [0.717, 1.165) is 76.2 Å². The largest absolute Gasteiger partial charge is 0.515 e. The minimum Gasteiger partial charge on any atom is -0.435 e. The molecule has 2 aromatic heterocycles. The standard InChI is InChI=1S/C35H41Br2N7O4/c1-40-12-8-25(9-13-40)41-14-16-42(17-15-41)35(11-19-45)21-26(10-18-44(35,34(47)48)23-24-6-7-28(36)29(37)20-24)43-31-22-38-30-5-3-2-4-27(30)32(31)39-33(43)46/h2-7,19-20,22,25-26H,8-18,21,23H2,1H3,(H-,38,39,46,47,48)/p+1/t26?,35?,44-/m0/s1. The molecule has 3 saturated heterocycles. The number of benzene rings is 2. The van der Waals surface area contributed by atoms with E-state index in [0.29, 0.717) is 37.5 Å². The third-order valence-corrected chi connectivity index (χ3v) is 13.2. The van der Waals surface area contributed by atoms with Crippen LogP contribution in [0.25, 0.3) is 21.9 Å². The fourth-order valence-corrected chi connectivity index (χ4v) is 9.51. The Morgan fingerprint density at radius 2 is 1.79 bits per heavy atom. The first-order valence-corrected chi connectivity index (χ1v) is 18.4. The number of fused-ring (bicyclic) bond motifs is 3. The quantitative estimate of drug-likeness (QED) is 0.189. The average molecular weight is 785 g/mol. The Balaban J connectivity index is 1.31. The first-order valence-electron chi connectivity index (χ1n) is 16.8. The highest BCUT2D eigenvalue weighted by Crippen LogP contribution is 2.47. The van der Waals surface area contributed by atoms with Gasteiger partial charge in [0.15, 0.2) is 5.66 Å². The van der Waals surface area contributed by atoms with E-state index in [4.69, 9.17) is 0 Å². The number of aromatic nitrogens is 3. The maximum Gasteiger partial charge on any atom is 0.515 e. The van der Waals surface area contributed by atoms with Gasteiger partial charge >= 0.3 is 11.8 Å². The van der Waals surface area contributed by atoms with Crippen LogP contribution in [0, 0.1) is 0 Å². The zero-order valence-corrected chi connectivity index (χ0v) is 30.3. The summed E-state index contributed by atoms with van der Waals surface area (Å²) in [6.45, 7) is 5.55. The van der Waals surface area contributed by atoms with Gasteiger partial charge in [0.25, 0.3) is 0 Å². The number of pyridine rings is 1. The summed E-state index contributed by atoms with van der Waals surface area (Å²) in [5, 5.41) is 12.2. The van der Waals surface area contributed by atoms with Crippen molar-refractivity contribution in [1.29, 1.82) is 0 Å². The number of imidazole rings is 1. The monoisotopic (exact) mass is 782 g/mol. The molecular weight excluding hydrogens is 742 g/mol. The number of aldehydes is 1. The lowest BCUT2D eigenvalue weighted by molar-refractivity contribution is -0.942. The number of amides is 1. The smallest absolute Gasteiger partial charge is 0.435 e. The Hall–Kier alpha value is -2.94. The second-order valence-electron chi connectivity index (χ2n) is 13.8. The molecule has 4 aromatic rings. The van der Waals surface area contributed by atoms with E-state index in [9.17, 15) is 19.5 Å². The molecule has 7 rings (SSSR count). The maximum absolute atomic E-state index is 13.8. The number of carbonyl (C=O) groups excluding carboxylic acids is 1. The number of carbonyl (C=O) groups is 2. The van der Waals surface area contributed by atoms with Crippen LogP contribution in [0.3, 0.4) is 0 Å². The molecule has 0 aliphatic carbocycles. The lowest BCUT2D eigenvalue weighted by Crippen LogP contribution is -2.77. The molecule has 2 unspecified atom stereocenters. The number of piperazine rings is 1. The molecule has 13 heteroatoms. The Morgan fingerprint density at radius 1 is 1.04 bits per heavy atom. The van der Waals surface area contributed by atoms with Crippen LogP contribution in [-0.4, -0.2) is 116 Å². The van der Waals surface area contributed by atoms with Gasteiger partial charge in [0.2, 0.25) is 0 Å². The minimum atomic E-state index is -1.08. The molecule has 2 N–H and O–H groups in total. The zero-order valence-electron chi connectivity index (χ0n) is 27.2. The van der Waals surface area contributed by atoms with Crippen LogP contribution >= 0.6 is 31.9 Å². The number of para-hydroxylation sites is 1. The molecule has 5 heterocycles. The topological polar surface area (TPSA) is 115 Å². The number of hydrogen-bond donors (Lipinski definition) is 2. The zero-order chi connectivity index (χ0) is 33.6. The maximum atomic E-state index is 13.8. The number of nitrogens with zero attached hydrogens (tertiary/aromatic N) is 6. The number of hydrogen-bond acceptors (Lipinski definition) is 7. The summed E-state index contributed by atoms with van der Waals surface area (Å²) in [6, 6.07) is 13.7. The van der Waals surface area contributed by atoms with Gasteiger partial charge in [-0.05, 0) is 83.0 Å². The first kappa shape index (κ1) is 33.6. The molecule has 3 aliphatic rings. The summed E-state index contributed by atoms with van der Waals surface area (Å²) < 4.78 is 3.20. The van der Waals surface area contributed by atoms with Crippen molar-refractivity contribution in [2.45, 2.75) is 56.4 Å². The highest BCUT2D eigenvalue weighted by atomic mass is 79.9. The van der Waals surface area contributed by atoms with E-state index in [1.54, 1.807) is 10.8 Å². The predicted molar refractivity (Wildman–Crippen MR) is 192 cm³/mol. The summed E-state index contributed by atoms with van der Waals surface area (Å²) in [4.78, 5) is 55.4. The molecule has 0 saturated carbocycles. The van der Waals surface area contributed by atoms with Crippen molar-refractivity contribution in [3.05, 3.63) is 73.7 Å². The van der Waals surface area contributed by atoms with Gasteiger partial charge in [0.1, 0.15) is 12.8 Å². The van der Waals surface area contributed by atoms with E-state index in [1.165, 1.54) is 0 Å². The van der Waals surface area contributed by atoms with Crippen LogP contribution in [0.15, 0.2) is 62.4 Å². The van der Waals surface area contributed by atoms with E-state index in [1.807, 2.05) is 42.5 Å². The number of nitrogens with one attached hydrogen (secondary N) is 1. The van der Waals surface area contributed by atoms with Crippen molar-refractivity contribution in [2.24, 2.45) is 0 Å². The van der Waals surface area contributed by atoms with Crippen LogP contribution < -0.4 is 5.69 Å². The van der Waals surface area contributed by atoms with Crippen LogP contribution in [-0.2, 0) is 11.3 Å². The van der Waals surface area contributed by atoms with Gasteiger partial charge < -0.3 is 19.8 Å². The van der Waals surface area contributed by atoms with E-state index < -0.39 is 11.8 Å². The molecule has 11 nitrogen and oxygen atoms in total. The third kappa shape index (κ3) is 5.75. The average Bonchev–Trinajstić information content (AvgIpc) is 3.44. The Morgan fingerprint density at radius 3 is 2.50 bits per heavy atom. The van der Waals surface area contributed by atoms with Gasteiger partial charge in [0, 0.05) is 65.0 Å². The summed E-state index contributed by atoms with van der Waals surface area (Å²) in [5.74, 6) is 0. The predicted octanol–water partition coefficient (Wildman–Crippen LogP) is 5.43. The molecular formula is C35H42Br2N7O4+. The fraction of sp³-hybridized carbons (Fsp3) is 0.486. The van der Waals surface area contributed by atoms with Gasteiger partial charge in [-0.15, -0.1) is 0 Å². The van der Waals surface area contributed by atoms with Crippen LogP contribution in [0.2, 0.25) is 0 Å². The molecule has 1 amide bonds. The van der Waals surface area contributed by atoms with Crippen molar-refractivity contribution in [2.75, 3.05) is 52.9 Å². The van der Waals surface area contributed by atoms with Gasteiger partial charge in [-0.3, -0.25) is 14.5 Å². The number of rotatable bonds is 7. The molecule has 0 bridgehead atoms. The lowest BCUT2D eigenvalue weighted by atomic mass is 9.82. The molecule has 2 aromatic carbocycles. The van der Waals surface area contributed by atoms with Crippen LogP contribution in [0.4, 0.5) is 4.79 Å². The van der Waals surface area contributed by atoms with Crippen molar-refractivity contribution >= 4 is 66.2 Å². The van der Waals surface area contributed by atoms with Gasteiger partial charge in [-0.2, -0.15) is 4.79 Å². The number of quaternary nitrogens is 1. The number of aromatic amines is 1. The highest BCUT2D eigenvalue weighted by Gasteiger charge is 2.63. The summed E-state index contributed by atoms with van der Waals surface area (Å²) >= 11 is 7.16. The number of halogens is 2. The molecule has 3 aliphatic heterocycles. The second-order valence-corrected chi connectivity index (χ2v) is 15.5. The van der Waals surface area contributed by atoms with Gasteiger partial charge in [-0.25, -0.2) is 14.2 Å². The van der Waals surface area contributed by atoms with Crippen LogP contribution in [0.1, 0.15) is 43.7 Å². The SMILES string of the molecule is CN1CCC(N2CCN(C3(CC=O)CC(n4c(=O)[nH]c5c6ccccc6ncc54)CC[N@+]3(Cc3ccc(Br)c(Br)c3)C(=O)O)CC2)CC1. The Kier molecular flexibility index (Phi) is 9.37. The van der Waals surface area contributed by atoms with Crippen molar-refractivity contribution in [1.82, 2.24) is 29.2 Å². The molecule has 3 fully saturated rings. The minimum absolute atomic E-state index is 0.0417. The van der Waals surface area contributed by atoms with Crippen molar-refractivity contribution < 1.29 is 19.2 Å². The molecule has 3 atom stereocenters. The second kappa shape index (κ2) is 13.4.